The van der Waals surface area contributed by atoms with Gasteiger partial charge in [-0.3, -0.25) is 0 Å². The van der Waals surface area contributed by atoms with Crippen molar-refractivity contribution in [2.75, 3.05) is 5.32 Å². The Hall–Kier alpha value is -2.62. The van der Waals surface area contributed by atoms with Crippen LogP contribution in [0.15, 0.2) is 54.6 Å². The van der Waals surface area contributed by atoms with Crippen molar-refractivity contribution >= 4 is 11.7 Å². The maximum Gasteiger partial charge on any atom is 0.146 e. The largest absolute Gasteiger partial charge is 0.545 e. The van der Waals surface area contributed by atoms with E-state index in [1.165, 1.54) is 6.07 Å². The summed E-state index contributed by atoms with van der Waals surface area (Å²) in [4.78, 5) is 10.9. The predicted molar refractivity (Wildman–Crippen MR) is 83.5 cm³/mol. The quantitative estimate of drug-likeness (QED) is 0.868. The van der Waals surface area contributed by atoms with Gasteiger partial charge in [0.25, 0.3) is 0 Å². The highest BCUT2D eigenvalue weighted by Crippen LogP contribution is 2.50. The Labute approximate surface area is 133 Å². The molecule has 1 aliphatic heterocycles. The molecule has 0 spiro atoms. The van der Waals surface area contributed by atoms with E-state index in [0.717, 1.165) is 17.5 Å². The zero-order valence-corrected chi connectivity index (χ0v) is 12.3. The maximum atomic E-state index is 14.2. The number of para-hydroxylation sites is 1. The fraction of sp³-hybridized carbons (Fsp3) is 0.211. The van der Waals surface area contributed by atoms with Crippen molar-refractivity contribution in [2.45, 2.75) is 18.4 Å². The van der Waals surface area contributed by atoms with Gasteiger partial charge >= 0.3 is 0 Å². The molecule has 23 heavy (non-hydrogen) atoms. The first-order valence-electron chi connectivity index (χ1n) is 7.68. The molecule has 0 unspecified atom stereocenters. The molecule has 1 heterocycles. The molecule has 3 atom stereocenters. The molecule has 0 fully saturated rings. The molecule has 0 saturated carbocycles. The monoisotopic (exact) mass is 308 g/mol. The van der Waals surface area contributed by atoms with E-state index < -0.39 is 5.97 Å². The minimum atomic E-state index is -1.19. The highest BCUT2D eigenvalue weighted by Gasteiger charge is 2.38. The molecular formula is C19H15FNO2-. The Morgan fingerprint density at radius 3 is 2.70 bits per heavy atom. The average Bonchev–Trinajstić information content (AvgIpc) is 3.04. The third-order valence-corrected chi connectivity index (χ3v) is 4.85. The number of aromatic carboxylic acids is 1. The van der Waals surface area contributed by atoms with E-state index in [9.17, 15) is 14.3 Å². The van der Waals surface area contributed by atoms with E-state index in [1.807, 2.05) is 6.07 Å². The van der Waals surface area contributed by atoms with Gasteiger partial charge in [-0.2, -0.15) is 0 Å². The summed E-state index contributed by atoms with van der Waals surface area (Å²) >= 11 is 0. The van der Waals surface area contributed by atoms with Crippen LogP contribution in [0.25, 0.3) is 0 Å². The second-order valence-corrected chi connectivity index (χ2v) is 6.09. The Kier molecular flexibility index (Phi) is 3.18. The van der Waals surface area contributed by atoms with Crippen molar-refractivity contribution in [1.29, 1.82) is 0 Å². The lowest BCUT2D eigenvalue weighted by Crippen LogP contribution is -2.30. The van der Waals surface area contributed by atoms with Crippen LogP contribution in [0, 0.1) is 11.7 Å². The number of allylic oxidation sites excluding steroid dienone is 2. The van der Waals surface area contributed by atoms with Crippen molar-refractivity contribution in [3.8, 4) is 0 Å². The predicted octanol–water partition coefficient (Wildman–Crippen LogP) is 3.02. The summed E-state index contributed by atoms with van der Waals surface area (Å²) in [6.45, 7) is 0. The summed E-state index contributed by atoms with van der Waals surface area (Å²) in [5, 5.41) is 14.2. The number of nitrogens with one attached hydrogen (secondary N) is 1. The molecular weight excluding hydrogens is 293 g/mol. The van der Waals surface area contributed by atoms with E-state index in [4.69, 9.17) is 0 Å². The molecule has 1 aliphatic carbocycles. The van der Waals surface area contributed by atoms with Crippen LogP contribution >= 0.6 is 0 Å². The summed E-state index contributed by atoms with van der Waals surface area (Å²) in [7, 11) is 0. The Balaban J connectivity index is 1.75. The molecule has 0 bridgehead atoms. The third kappa shape index (κ3) is 2.22. The standard InChI is InChI=1S/C19H16FNO2/c20-16-6-2-5-15-13-3-1-4-14(13)17(21-18(15)16)11-7-9-12(10-8-11)19(22)23/h1-3,5-10,13-14,17,21H,4H2,(H,22,23)/p-1/t13-,14+,17+/m1/s1. The first kappa shape index (κ1) is 14.0. The number of carboxylic acids is 1. The number of rotatable bonds is 2. The van der Waals surface area contributed by atoms with Crippen molar-refractivity contribution in [2.24, 2.45) is 5.92 Å². The van der Waals surface area contributed by atoms with E-state index in [2.05, 4.69) is 17.5 Å². The molecule has 4 heteroatoms. The molecule has 2 aliphatic rings. The van der Waals surface area contributed by atoms with Gasteiger partial charge in [0.2, 0.25) is 0 Å². The Morgan fingerprint density at radius 2 is 1.96 bits per heavy atom. The number of hydrogen-bond donors (Lipinski definition) is 1. The highest BCUT2D eigenvalue weighted by atomic mass is 19.1. The molecule has 4 rings (SSSR count). The number of carboxylic acid groups (broad SMARTS) is 1. The minimum Gasteiger partial charge on any atom is -0.545 e. The average molecular weight is 308 g/mol. The number of anilines is 1. The number of halogens is 1. The normalized spacial score (nSPS) is 24.7. The van der Waals surface area contributed by atoms with Crippen LogP contribution in [0.4, 0.5) is 10.1 Å². The van der Waals surface area contributed by atoms with Crippen LogP contribution < -0.4 is 10.4 Å². The van der Waals surface area contributed by atoms with Crippen molar-refractivity contribution in [3.05, 3.63) is 77.1 Å². The molecule has 2 aromatic rings. The molecule has 2 aromatic carbocycles. The molecule has 116 valence electrons. The van der Waals surface area contributed by atoms with Crippen molar-refractivity contribution in [3.63, 3.8) is 0 Å². The van der Waals surface area contributed by atoms with Crippen LogP contribution in [0.3, 0.4) is 0 Å². The van der Waals surface area contributed by atoms with Crippen LogP contribution in [-0.4, -0.2) is 5.97 Å². The SMILES string of the molecule is O=C([O-])c1ccc([C@@H]2Nc3c(F)cccc3[C@@H]3C=CC[C@@H]32)cc1. The third-order valence-electron chi connectivity index (χ3n) is 4.85. The Bertz CT molecular complexity index is 798. The van der Waals surface area contributed by atoms with Crippen LogP contribution in [0.2, 0.25) is 0 Å². The molecule has 0 aromatic heterocycles. The lowest BCUT2D eigenvalue weighted by molar-refractivity contribution is -0.255. The van der Waals surface area contributed by atoms with Crippen molar-refractivity contribution < 1.29 is 14.3 Å². The van der Waals surface area contributed by atoms with Gasteiger partial charge in [0.15, 0.2) is 0 Å². The van der Waals surface area contributed by atoms with Crippen LogP contribution in [0.1, 0.15) is 39.9 Å². The molecule has 0 amide bonds. The summed E-state index contributed by atoms with van der Waals surface area (Å²) in [6.07, 6.45) is 5.20. The zero-order valence-electron chi connectivity index (χ0n) is 12.3. The maximum absolute atomic E-state index is 14.2. The van der Waals surface area contributed by atoms with E-state index in [1.54, 1.807) is 30.3 Å². The smallest absolute Gasteiger partial charge is 0.146 e. The van der Waals surface area contributed by atoms with Gasteiger partial charge in [-0.25, -0.2) is 4.39 Å². The Morgan fingerprint density at radius 1 is 1.17 bits per heavy atom. The van der Waals surface area contributed by atoms with Gasteiger partial charge in [0.05, 0.1) is 17.7 Å². The fourth-order valence-corrected chi connectivity index (χ4v) is 3.74. The number of carbonyl (C=O) groups is 1. The minimum absolute atomic E-state index is 0.0461. The summed E-state index contributed by atoms with van der Waals surface area (Å²) < 4.78 is 14.2. The summed E-state index contributed by atoms with van der Waals surface area (Å²) in [5.41, 5.74) is 2.65. The molecule has 0 radical (unpaired) electrons. The topological polar surface area (TPSA) is 52.2 Å². The molecule has 1 N–H and O–H groups in total. The highest BCUT2D eigenvalue weighted by molar-refractivity contribution is 5.85. The van der Waals surface area contributed by atoms with Crippen molar-refractivity contribution in [1.82, 2.24) is 0 Å². The first-order valence-corrected chi connectivity index (χ1v) is 7.68. The fourth-order valence-electron chi connectivity index (χ4n) is 3.74. The van der Waals surface area contributed by atoms with Gasteiger partial charge in [-0.15, -0.1) is 0 Å². The van der Waals surface area contributed by atoms with E-state index >= 15 is 0 Å². The lowest BCUT2D eigenvalue weighted by atomic mass is 9.77. The van der Waals surface area contributed by atoms with Gasteiger partial charge in [0, 0.05) is 5.92 Å². The van der Waals surface area contributed by atoms with Crippen LogP contribution in [-0.2, 0) is 0 Å². The molecule has 0 saturated heterocycles. The number of hydrogen-bond acceptors (Lipinski definition) is 3. The zero-order chi connectivity index (χ0) is 16.0. The molecule has 3 nitrogen and oxygen atoms in total. The second-order valence-electron chi connectivity index (χ2n) is 6.09. The number of fused-ring (bicyclic) bond motifs is 3. The van der Waals surface area contributed by atoms with E-state index in [-0.39, 0.29) is 23.3 Å². The summed E-state index contributed by atoms with van der Waals surface area (Å²) in [6, 6.07) is 11.8. The number of carbonyl (C=O) groups excluding carboxylic acids is 1. The lowest BCUT2D eigenvalue weighted by Gasteiger charge is -2.37. The van der Waals surface area contributed by atoms with Gasteiger partial charge < -0.3 is 15.2 Å². The van der Waals surface area contributed by atoms with Crippen LogP contribution in [0.5, 0.6) is 0 Å². The van der Waals surface area contributed by atoms with Gasteiger partial charge in [0.1, 0.15) is 5.82 Å². The second kappa shape index (κ2) is 5.23. The number of benzene rings is 2. The van der Waals surface area contributed by atoms with E-state index in [0.29, 0.717) is 11.6 Å². The van der Waals surface area contributed by atoms with Gasteiger partial charge in [-0.1, -0.05) is 48.6 Å². The summed E-state index contributed by atoms with van der Waals surface area (Å²) in [5.74, 6) is -0.951. The first-order chi connectivity index (χ1) is 11.1. The van der Waals surface area contributed by atoms with Gasteiger partial charge in [-0.05, 0) is 35.1 Å².